The Morgan fingerprint density at radius 2 is 2.00 bits per heavy atom. The summed E-state index contributed by atoms with van der Waals surface area (Å²) in [5, 5.41) is 11.9. The molecule has 3 amide bonds. The van der Waals surface area contributed by atoms with Gasteiger partial charge in [-0.25, -0.2) is 0 Å². The molecule has 2 heterocycles. The predicted molar refractivity (Wildman–Crippen MR) is 87.1 cm³/mol. The summed E-state index contributed by atoms with van der Waals surface area (Å²) in [6, 6.07) is 5.06. The van der Waals surface area contributed by atoms with Crippen molar-refractivity contribution < 1.29 is 14.4 Å². The van der Waals surface area contributed by atoms with Crippen molar-refractivity contribution in [1.82, 2.24) is 15.1 Å². The Labute approximate surface area is 141 Å². The maximum Gasteiger partial charge on any atom is 0.262 e. The third-order valence-corrected chi connectivity index (χ3v) is 5.04. The molecule has 1 aromatic carbocycles. The van der Waals surface area contributed by atoms with Crippen LogP contribution in [0.15, 0.2) is 18.2 Å². The number of anilines is 1. The molecule has 24 heavy (non-hydrogen) atoms. The molecule has 7 nitrogen and oxygen atoms in total. The van der Waals surface area contributed by atoms with Crippen molar-refractivity contribution in [3.8, 4) is 0 Å². The number of benzene rings is 1. The number of hydrogen-bond donors (Lipinski definition) is 1. The fourth-order valence-electron chi connectivity index (χ4n) is 2.63. The van der Waals surface area contributed by atoms with Crippen LogP contribution in [0.1, 0.15) is 50.0 Å². The minimum atomic E-state index is -0.459. The number of amides is 3. The molecule has 1 aliphatic heterocycles. The maximum atomic E-state index is 12.3. The third kappa shape index (κ3) is 2.58. The zero-order valence-corrected chi connectivity index (χ0v) is 13.7. The van der Waals surface area contributed by atoms with Crippen LogP contribution in [0.5, 0.6) is 0 Å². The molecular formula is C16H14N4O3S. The van der Waals surface area contributed by atoms with E-state index in [-0.39, 0.29) is 6.54 Å². The number of carbonyl (C=O) groups excluding carboxylic acids is 3. The predicted octanol–water partition coefficient (Wildman–Crippen LogP) is 1.96. The molecule has 1 N–H and O–H groups in total. The highest BCUT2D eigenvalue weighted by Gasteiger charge is 2.36. The molecule has 0 unspecified atom stereocenters. The van der Waals surface area contributed by atoms with Crippen LogP contribution in [0.3, 0.4) is 0 Å². The van der Waals surface area contributed by atoms with E-state index in [9.17, 15) is 14.4 Å². The Morgan fingerprint density at radius 3 is 2.75 bits per heavy atom. The fourth-order valence-corrected chi connectivity index (χ4v) is 3.56. The molecular weight excluding hydrogens is 328 g/mol. The standard InChI is InChI=1S/C16H14N4O3S/c1-8-2-5-10-11(6-8)15(23)20(14(10)22)7-12(21)17-16-19-18-13(24-16)9-3-4-9/h2,5-6,9H,3-4,7H2,1H3,(H,17,19,21). The van der Waals surface area contributed by atoms with Gasteiger partial charge in [-0.05, 0) is 31.9 Å². The van der Waals surface area contributed by atoms with Gasteiger partial charge >= 0.3 is 0 Å². The second kappa shape index (κ2) is 5.48. The van der Waals surface area contributed by atoms with Crippen molar-refractivity contribution in [3.05, 3.63) is 39.9 Å². The summed E-state index contributed by atoms with van der Waals surface area (Å²) in [4.78, 5) is 37.8. The van der Waals surface area contributed by atoms with Crippen molar-refractivity contribution in [3.63, 3.8) is 0 Å². The first-order valence-corrected chi connectivity index (χ1v) is 8.44. The summed E-state index contributed by atoms with van der Waals surface area (Å²) < 4.78 is 0. The van der Waals surface area contributed by atoms with Crippen molar-refractivity contribution in [2.24, 2.45) is 0 Å². The molecule has 2 aromatic rings. The molecule has 1 aliphatic carbocycles. The van der Waals surface area contributed by atoms with E-state index < -0.39 is 17.7 Å². The van der Waals surface area contributed by atoms with E-state index in [1.807, 2.05) is 6.92 Å². The highest BCUT2D eigenvalue weighted by Crippen LogP contribution is 2.42. The monoisotopic (exact) mass is 342 g/mol. The third-order valence-electron chi connectivity index (χ3n) is 4.04. The summed E-state index contributed by atoms with van der Waals surface area (Å²) in [6.45, 7) is 1.52. The maximum absolute atomic E-state index is 12.3. The van der Waals surface area contributed by atoms with Crippen molar-refractivity contribution in [2.75, 3.05) is 11.9 Å². The van der Waals surface area contributed by atoms with E-state index in [1.54, 1.807) is 18.2 Å². The van der Waals surface area contributed by atoms with Gasteiger partial charge in [-0.1, -0.05) is 23.0 Å². The van der Waals surface area contributed by atoms with E-state index in [0.717, 1.165) is 28.3 Å². The molecule has 0 atom stereocenters. The van der Waals surface area contributed by atoms with Gasteiger partial charge in [-0.2, -0.15) is 0 Å². The molecule has 1 saturated carbocycles. The van der Waals surface area contributed by atoms with E-state index in [0.29, 0.717) is 22.2 Å². The van der Waals surface area contributed by atoms with Gasteiger partial charge < -0.3 is 0 Å². The normalized spacial score (nSPS) is 16.5. The zero-order chi connectivity index (χ0) is 16.8. The molecule has 0 bridgehead atoms. The summed E-state index contributed by atoms with van der Waals surface area (Å²) in [5.41, 5.74) is 1.58. The Hall–Kier alpha value is -2.61. The fraction of sp³-hybridized carbons (Fsp3) is 0.312. The second-order valence-corrected chi connectivity index (χ2v) is 7.02. The van der Waals surface area contributed by atoms with Gasteiger partial charge in [0.15, 0.2) is 0 Å². The molecule has 0 saturated heterocycles. The minimum Gasteiger partial charge on any atom is -0.299 e. The van der Waals surface area contributed by atoms with Crippen molar-refractivity contribution in [2.45, 2.75) is 25.7 Å². The Bertz CT molecular complexity index is 872. The molecule has 0 radical (unpaired) electrons. The Balaban J connectivity index is 1.45. The lowest BCUT2D eigenvalue weighted by atomic mass is 10.1. The lowest BCUT2D eigenvalue weighted by molar-refractivity contribution is -0.116. The van der Waals surface area contributed by atoms with Crippen LogP contribution in [-0.4, -0.2) is 39.4 Å². The number of fused-ring (bicyclic) bond motifs is 1. The number of carbonyl (C=O) groups is 3. The summed E-state index contributed by atoms with van der Waals surface area (Å²) >= 11 is 1.34. The Morgan fingerprint density at radius 1 is 1.25 bits per heavy atom. The van der Waals surface area contributed by atoms with Gasteiger partial charge in [0.05, 0.1) is 11.1 Å². The van der Waals surface area contributed by atoms with E-state index in [4.69, 9.17) is 0 Å². The van der Waals surface area contributed by atoms with Gasteiger partial charge in [-0.15, -0.1) is 10.2 Å². The van der Waals surface area contributed by atoms with Gasteiger partial charge in [0.1, 0.15) is 11.6 Å². The number of rotatable bonds is 4. The molecule has 8 heteroatoms. The van der Waals surface area contributed by atoms with Gasteiger partial charge in [0.2, 0.25) is 11.0 Å². The average Bonchev–Trinajstić information content (AvgIpc) is 3.26. The minimum absolute atomic E-state index is 0.330. The van der Waals surface area contributed by atoms with Crippen LogP contribution in [0.25, 0.3) is 0 Å². The van der Waals surface area contributed by atoms with Gasteiger partial charge in [0.25, 0.3) is 11.8 Å². The largest absolute Gasteiger partial charge is 0.299 e. The summed E-state index contributed by atoms with van der Waals surface area (Å²) in [5.74, 6) is -0.877. The Kier molecular flexibility index (Phi) is 3.42. The SMILES string of the molecule is Cc1ccc2c(c1)C(=O)N(CC(=O)Nc1nnc(C3CC3)s1)C2=O. The molecule has 2 aliphatic rings. The van der Waals surface area contributed by atoms with Crippen molar-refractivity contribution >= 4 is 34.2 Å². The lowest BCUT2D eigenvalue weighted by Crippen LogP contribution is -2.37. The van der Waals surface area contributed by atoms with Gasteiger partial charge in [-0.3, -0.25) is 24.6 Å². The first-order valence-electron chi connectivity index (χ1n) is 7.63. The number of nitrogens with zero attached hydrogens (tertiary/aromatic N) is 3. The molecule has 0 spiro atoms. The molecule has 1 aromatic heterocycles. The lowest BCUT2D eigenvalue weighted by Gasteiger charge is -2.12. The first-order chi connectivity index (χ1) is 11.5. The highest BCUT2D eigenvalue weighted by molar-refractivity contribution is 7.15. The quantitative estimate of drug-likeness (QED) is 0.858. The summed E-state index contributed by atoms with van der Waals surface area (Å²) in [7, 11) is 0. The smallest absolute Gasteiger partial charge is 0.262 e. The van der Waals surface area contributed by atoms with Crippen LogP contribution in [0.2, 0.25) is 0 Å². The number of imide groups is 1. The number of nitrogens with one attached hydrogen (secondary N) is 1. The summed E-state index contributed by atoms with van der Waals surface area (Å²) in [6.07, 6.45) is 2.22. The van der Waals surface area contributed by atoms with Crippen LogP contribution in [0.4, 0.5) is 5.13 Å². The topological polar surface area (TPSA) is 92.3 Å². The number of hydrogen-bond acceptors (Lipinski definition) is 6. The zero-order valence-electron chi connectivity index (χ0n) is 12.9. The van der Waals surface area contributed by atoms with Crippen LogP contribution in [-0.2, 0) is 4.79 Å². The van der Waals surface area contributed by atoms with E-state index >= 15 is 0 Å². The number of aromatic nitrogens is 2. The average molecular weight is 342 g/mol. The molecule has 122 valence electrons. The highest BCUT2D eigenvalue weighted by atomic mass is 32.1. The van der Waals surface area contributed by atoms with Gasteiger partial charge in [0, 0.05) is 5.92 Å². The van der Waals surface area contributed by atoms with Crippen molar-refractivity contribution in [1.29, 1.82) is 0 Å². The van der Waals surface area contributed by atoms with Crippen LogP contribution >= 0.6 is 11.3 Å². The molecule has 1 fully saturated rings. The van der Waals surface area contributed by atoms with E-state index in [1.165, 1.54) is 11.3 Å². The van der Waals surface area contributed by atoms with E-state index in [2.05, 4.69) is 15.5 Å². The second-order valence-electron chi connectivity index (χ2n) is 6.01. The van der Waals surface area contributed by atoms with Crippen LogP contribution in [0, 0.1) is 6.92 Å². The van der Waals surface area contributed by atoms with Crippen LogP contribution < -0.4 is 5.32 Å². The number of aryl methyl sites for hydroxylation is 1. The molecule has 4 rings (SSSR count). The first kappa shape index (κ1) is 14.9.